The number of nitro groups is 1. The molecule has 7 nitrogen and oxygen atoms in total. The van der Waals surface area contributed by atoms with Gasteiger partial charge in [0.2, 0.25) is 10.0 Å². The fraction of sp³-hybridized carbons (Fsp3) is 0.455. The van der Waals surface area contributed by atoms with E-state index in [9.17, 15) is 18.5 Å². The molecule has 8 heteroatoms. The van der Waals surface area contributed by atoms with Crippen LogP contribution in [0.15, 0.2) is 23.1 Å². The van der Waals surface area contributed by atoms with Crippen LogP contribution >= 0.6 is 0 Å². The molecule has 0 heterocycles. The summed E-state index contributed by atoms with van der Waals surface area (Å²) < 4.78 is 26.7. The highest BCUT2D eigenvalue weighted by atomic mass is 32.2. The minimum Gasteiger partial charge on any atom is -0.316 e. The molecule has 1 aromatic rings. The summed E-state index contributed by atoms with van der Waals surface area (Å²) in [6.07, 6.45) is 0. The summed E-state index contributed by atoms with van der Waals surface area (Å²) in [5.74, 6) is 0. The van der Waals surface area contributed by atoms with Crippen molar-refractivity contribution in [3.8, 4) is 0 Å². The van der Waals surface area contributed by atoms with Crippen molar-refractivity contribution >= 4 is 15.7 Å². The second-order valence-electron chi connectivity index (χ2n) is 4.22. The second-order valence-corrected chi connectivity index (χ2v) is 5.93. The molecule has 1 aromatic carbocycles. The molecule has 0 spiro atoms. The topological polar surface area (TPSA) is 101 Å². The van der Waals surface area contributed by atoms with Crippen molar-refractivity contribution < 1.29 is 13.3 Å². The Labute approximate surface area is 112 Å². The van der Waals surface area contributed by atoms with E-state index in [-0.39, 0.29) is 17.5 Å². The Morgan fingerprint density at radius 3 is 2.58 bits per heavy atom. The smallest absolute Gasteiger partial charge is 0.289 e. The molecule has 0 bridgehead atoms. The van der Waals surface area contributed by atoms with Gasteiger partial charge in [-0.1, -0.05) is 12.1 Å². The zero-order valence-corrected chi connectivity index (χ0v) is 11.8. The lowest BCUT2D eigenvalue weighted by Gasteiger charge is -2.13. The third kappa shape index (κ3) is 3.72. The number of hydrogen-bond acceptors (Lipinski definition) is 5. The fourth-order valence-corrected chi connectivity index (χ4v) is 3.06. The van der Waals surface area contributed by atoms with Crippen LogP contribution in [0.2, 0.25) is 0 Å². The van der Waals surface area contributed by atoms with E-state index in [1.807, 2.05) is 0 Å². The van der Waals surface area contributed by atoms with Gasteiger partial charge in [0.05, 0.1) is 4.92 Å². The molecule has 1 unspecified atom stereocenters. The second kappa shape index (κ2) is 6.09. The molecule has 1 atom stereocenters. The average Bonchev–Trinajstić information content (AvgIpc) is 2.35. The summed E-state index contributed by atoms with van der Waals surface area (Å²) in [6, 6.07) is 4.10. The van der Waals surface area contributed by atoms with Crippen LogP contribution in [0.5, 0.6) is 0 Å². The molecule has 2 N–H and O–H groups in total. The maximum absolute atomic E-state index is 12.2. The average molecular weight is 287 g/mol. The predicted octanol–water partition coefficient (Wildman–Crippen LogP) is 0.789. The quantitative estimate of drug-likeness (QED) is 0.595. The summed E-state index contributed by atoms with van der Waals surface area (Å²) in [5, 5.41) is 13.8. The molecule has 0 saturated carbocycles. The summed E-state index contributed by atoms with van der Waals surface area (Å²) in [4.78, 5) is 9.95. The van der Waals surface area contributed by atoms with Gasteiger partial charge in [0, 0.05) is 18.7 Å². The number of benzene rings is 1. The van der Waals surface area contributed by atoms with Crippen LogP contribution in [-0.2, 0) is 10.0 Å². The molecule has 1 rings (SSSR count). The molecule has 106 valence electrons. The Bertz CT molecular complexity index is 571. The van der Waals surface area contributed by atoms with Crippen LogP contribution in [0.3, 0.4) is 0 Å². The van der Waals surface area contributed by atoms with Crippen LogP contribution in [0.4, 0.5) is 5.69 Å². The largest absolute Gasteiger partial charge is 0.316 e. The highest BCUT2D eigenvalue weighted by molar-refractivity contribution is 7.89. The van der Waals surface area contributed by atoms with Gasteiger partial charge in [-0.25, -0.2) is 13.1 Å². The van der Waals surface area contributed by atoms with Crippen molar-refractivity contribution in [2.45, 2.75) is 24.8 Å². The van der Waals surface area contributed by atoms with Gasteiger partial charge in [-0.05, 0) is 26.5 Å². The molecule has 19 heavy (non-hydrogen) atoms. The minimum atomic E-state index is -3.90. The highest BCUT2D eigenvalue weighted by Gasteiger charge is 2.27. The first-order valence-corrected chi connectivity index (χ1v) is 7.19. The maximum Gasteiger partial charge on any atom is 0.289 e. The summed E-state index contributed by atoms with van der Waals surface area (Å²) >= 11 is 0. The van der Waals surface area contributed by atoms with E-state index in [1.54, 1.807) is 14.0 Å². The van der Waals surface area contributed by atoms with Crippen LogP contribution < -0.4 is 10.0 Å². The lowest BCUT2D eigenvalue weighted by Crippen LogP contribution is -2.37. The Morgan fingerprint density at radius 2 is 2.05 bits per heavy atom. The number of nitrogens with one attached hydrogen (secondary N) is 2. The molecule has 0 fully saturated rings. The van der Waals surface area contributed by atoms with E-state index in [1.165, 1.54) is 25.1 Å². The Kier molecular flexibility index (Phi) is 4.98. The first kappa shape index (κ1) is 15.5. The number of rotatable bonds is 6. The number of likely N-dealkylation sites (N-methyl/N-ethyl adjacent to an activating group) is 1. The van der Waals surface area contributed by atoms with Gasteiger partial charge < -0.3 is 5.32 Å². The number of sulfonamides is 1. The van der Waals surface area contributed by atoms with Crippen LogP contribution in [0.25, 0.3) is 0 Å². The van der Waals surface area contributed by atoms with Crippen molar-refractivity contribution in [3.63, 3.8) is 0 Å². The monoisotopic (exact) mass is 287 g/mol. The summed E-state index contributed by atoms with van der Waals surface area (Å²) in [5.41, 5.74) is -0.0663. The van der Waals surface area contributed by atoms with Gasteiger partial charge in [0.1, 0.15) is 0 Å². The number of nitro benzene ring substituents is 1. The standard InChI is InChI=1S/C11H17N3O4S/c1-8-5-4-6-10(14(15)16)11(8)19(17,18)13-7-9(2)12-3/h4-6,9,12-13H,7H2,1-3H3. The van der Waals surface area contributed by atoms with Gasteiger partial charge >= 0.3 is 0 Å². The van der Waals surface area contributed by atoms with Crippen LogP contribution in [0.1, 0.15) is 12.5 Å². The first-order chi connectivity index (χ1) is 8.79. The number of hydrogen-bond donors (Lipinski definition) is 2. The molecule has 0 aliphatic carbocycles. The van der Waals surface area contributed by atoms with E-state index >= 15 is 0 Å². The van der Waals surface area contributed by atoms with E-state index in [0.717, 1.165) is 0 Å². The minimum absolute atomic E-state index is 0.0714. The van der Waals surface area contributed by atoms with Crippen LogP contribution in [-0.4, -0.2) is 33.0 Å². The SMILES string of the molecule is CNC(C)CNS(=O)(=O)c1c(C)cccc1[N+](=O)[O-]. The zero-order chi connectivity index (χ0) is 14.6. The van der Waals surface area contributed by atoms with E-state index in [0.29, 0.717) is 5.56 Å². The first-order valence-electron chi connectivity index (χ1n) is 5.70. The van der Waals surface area contributed by atoms with Crippen molar-refractivity contribution in [1.29, 1.82) is 0 Å². The van der Waals surface area contributed by atoms with Gasteiger partial charge in [-0.2, -0.15) is 0 Å². The Morgan fingerprint density at radius 1 is 1.42 bits per heavy atom. The predicted molar refractivity (Wildman–Crippen MR) is 71.5 cm³/mol. The van der Waals surface area contributed by atoms with Crippen molar-refractivity contribution in [2.75, 3.05) is 13.6 Å². The highest BCUT2D eigenvalue weighted by Crippen LogP contribution is 2.26. The molecule has 0 aliphatic rings. The van der Waals surface area contributed by atoms with E-state index in [2.05, 4.69) is 10.0 Å². The van der Waals surface area contributed by atoms with Crippen LogP contribution in [0, 0.1) is 17.0 Å². The Balaban J connectivity index is 3.17. The molecule has 0 aliphatic heterocycles. The fourth-order valence-electron chi connectivity index (χ4n) is 1.54. The molecule has 0 amide bonds. The summed E-state index contributed by atoms with van der Waals surface area (Å²) in [6.45, 7) is 3.49. The van der Waals surface area contributed by atoms with Gasteiger partial charge in [-0.3, -0.25) is 10.1 Å². The van der Waals surface area contributed by atoms with Gasteiger partial charge in [0.15, 0.2) is 4.90 Å². The lowest BCUT2D eigenvalue weighted by molar-refractivity contribution is -0.387. The number of aryl methyl sites for hydroxylation is 1. The normalized spacial score (nSPS) is 13.2. The molecular formula is C11H17N3O4S. The number of nitrogens with zero attached hydrogens (tertiary/aromatic N) is 1. The zero-order valence-electron chi connectivity index (χ0n) is 11.0. The Hall–Kier alpha value is -1.51. The van der Waals surface area contributed by atoms with Gasteiger partial charge in [0.25, 0.3) is 5.69 Å². The van der Waals surface area contributed by atoms with E-state index < -0.39 is 20.6 Å². The summed E-state index contributed by atoms with van der Waals surface area (Å²) in [7, 11) is -2.20. The maximum atomic E-state index is 12.2. The molecular weight excluding hydrogens is 270 g/mol. The lowest BCUT2D eigenvalue weighted by atomic mass is 10.2. The van der Waals surface area contributed by atoms with Crippen molar-refractivity contribution in [1.82, 2.24) is 10.0 Å². The molecule has 0 saturated heterocycles. The third-order valence-corrected chi connectivity index (χ3v) is 4.34. The van der Waals surface area contributed by atoms with Crippen molar-refractivity contribution in [3.05, 3.63) is 33.9 Å². The third-order valence-electron chi connectivity index (χ3n) is 2.73. The van der Waals surface area contributed by atoms with Crippen molar-refractivity contribution in [2.24, 2.45) is 0 Å². The van der Waals surface area contributed by atoms with Gasteiger partial charge in [-0.15, -0.1) is 0 Å². The van der Waals surface area contributed by atoms with E-state index in [4.69, 9.17) is 0 Å². The molecule has 0 aromatic heterocycles. The molecule has 0 radical (unpaired) electrons.